The minimum atomic E-state index is -0.566. The van der Waals surface area contributed by atoms with Crippen molar-refractivity contribution < 1.29 is 14.3 Å². The number of rotatable bonds is 4. The fraction of sp³-hybridized carbons (Fsp3) is 0.0714. The molecular weight excluding hydrogens is 315 g/mol. The molecule has 0 bridgehead atoms. The minimum absolute atomic E-state index is 0.248. The highest BCUT2D eigenvalue weighted by Gasteiger charge is 2.14. The molecule has 0 fully saturated rings. The second kappa shape index (κ2) is 6.11. The van der Waals surface area contributed by atoms with Crippen molar-refractivity contribution in [3.63, 3.8) is 0 Å². The lowest BCUT2D eigenvalue weighted by Crippen LogP contribution is -2.10. The Labute approximate surface area is 131 Å². The largest absolute Gasteiger partial charge is 0.493 e. The lowest BCUT2D eigenvalue weighted by molar-refractivity contribution is 0.1000. The first kappa shape index (κ1) is 15.3. The number of carbonyl (C=O) groups excluding carboxylic acids is 1. The van der Waals surface area contributed by atoms with Crippen LogP contribution in [0.25, 0.3) is 0 Å². The Balaban J connectivity index is 2.42. The van der Waals surface area contributed by atoms with Crippen molar-refractivity contribution in [2.24, 2.45) is 5.73 Å². The van der Waals surface area contributed by atoms with Gasteiger partial charge in [0.15, 0.2) is 17.2 Å². The highest BCUT2D eigenvalue weighted by Crippen LogP contribution is 2.41. The molecule has 0 heterocycles. The second-order valence-corrected chi connectivity index (χ2v) is 4.96. The highest BCUT2D eigenvalue weighted by molar-refractivity contribution is 6.37. The molecule has 7 heteroatoms. The maximum Gasteiger partial charge on any atom is 0.248 e. The van der Waals surface area contributed by atoms with Gasteiger partial charge in [-0.15, -0.1) is 0 Å². The van der Waals surface area contributed by atoms with E-state index >= 15 is 0 Å². The summed E-state index contributed by atoms with van der Waals surface area (Å²) in [6.45, 7) is 0. The zero-order chi connectivity index (χ0) is 15.6. The van der Waals surface area contributed by atoms with Gasteiger partial charge < -0.3 is 20.9 Å². The molecule has 0 radical (unpaired) electrons. The third-order valence-electron chi connectivity index (χ3n) is 2.68. The van der Waals surface area contributed by atoms with Gasteiger partial charge in [0.05, 0.1) is 17.2 Å². The van der Waals surface area contributed by atoms with Crippen LogP contribution in [-0.4, -0.2) is 13.0 Å². The number of anilines is 1. The van der Waals surface area contributed by atoms with Crippen LogP contribution in [0.3, 0.4) is 0 Å². The summed E-state index contributed by atoms with van der Waals surface area (Å²) in [7, 11) is 1.44. The molecule has 2 rings (SSSR count). The molecule has 0 spiro atoms. The van der Waals surface area contributed by atoms with Crippen LogP contribution in [-0.2, 0) is 0 Å². The van der Waals surface area contributed by atoms with E-state index in [2.05, 4.69) is 0 Å². The van der Waals surface area contributed by atoms with Crippen LogP contribution in [0.15, 0.2) is 30.3 Å². The quantitative estimate of drug-likeness (QED) is 0.842. The molecular formula is C14H12Cl2N2O3. The van der Waals surface area contributed by atoms with Crippen LogP contribution < -0.4 is 20.9 Å². The third-order valence-corrected chi connectivity index (χ3v) is 3.24. The topological polar surface area (TPSA) is 87.6 Å². The van der Waals surface area contributed by atoms with Crippen LogP contribution in [0.2, 0.25) is 10.0 Å². The zero-order valence-electron chi connectivity index (χ0n) is 11.0. The van der Waals surface area contributed by atoms with Crippen LogP contribution in [0, 0.1) is 0 Å². The molecule has 1 amide bonds. The first-order valence-electron chi connectivity index (χ1n) is 5.82. The molecule has 0 unspecified atom stereocenters. The van der Waals surface area contributed by atoms with E-state index in [0.717, 1.165) is 0 Å². The Hall–Kier alpha value is -2.11. The predicted molar refractivity (Wildman–Crippen MR) is 82.5 cm³/mol. The molecule has 2 aromatic carbocycles. The van der Waals surface area contributed by atoms with E-state index in [-0.39, 0.29) is 15.8 Å². The highest BCUT2D eigenvalue weighted by atomic mass is 35.5. The van der Waals surface area contributed by atoms with Gasteiger partial charge in [0.25, 0.3) is 0 Å². The molecule has 21 heavy (non-hydrogen) atoms. The summed E-state index contributed by atoms with van der Waals surface area (Å²) in [5.41, 5.74) is 11.6. The summed E-state index contributed by atoms with van der Waals surface area (Å²) in [5.74, 6) is 0.354. The van der Waals surface area contributed by atoms with E-state index in [1.165, 1.54) is 31.4 Å². The Morgan fingerprint density at radius 2 is 1.71 bits per heavy atom. The van der Waals surface area contributed by atoms with E-state index < -0.39 is 5.91 Å². The van der Waals surface area contributed by atoms with Crippen LogP contribution >= 0.6 is 23.2 Å². The van der Waals surface area contributed by atoms with Crippen molar-refractivity contribution in [2.45, 2.75) is 0 Å². The van der Waals surface area contributed by atoms with Crippen molar-refractivity contribution in [1.29, 1.82) is 0 Å². The summed E-state index contributed by atoms with van der Waals surface area (Å²) in [5, 5.41) is 0.530. The van der Waals surface area contributed by atoms with Crippen LogP contribution in [0.1, 0.15) is 10.4 Å². The normalized spacial score (nSPS) is 10.2. The van der Waals surface area contributed by atoms with Crippen LogP contribution in [0.4, 0.5) is 5.69 Å². The molecule has 0 saturated carbocycles. The van der Waals surface area contributed by atoms with Gasteiger partial charge >= 0.3 is 0 Å². The number of methoxy groups -OCH3 is 1. The summed E-state index contributed by atoms with van der Waals surface area (Å²) >= 11 is 12.1. The van der Waals surface area contributed by atoms with Gasteiger partial charge in [-0.05, 0) is 30.3 Å². The first-order chi connectivity index (χ1) is 9.92. The Morgan fingerprint density at radius 1 is 1.10 bits per heavy atom. The summed E-state index contributed by atoms with van der Waals surface area (Å²) in [4.78, 5) is 11.2. The number of carbonyl (C=O) groups is 1. The standard InChI is InChI=1S/C14H12Cl2N2O3/c1-20-12-4-7(14(18)19)2-3-11(12)21-13-9(15)5-8(17)6-10(13)16/h2-6H,17H2,1H3,(H2,18,19). The number of halogens is 2. The fourth-order valence-corrected chi connectivity index (χ4v) is 2.27. The number of nitrogens with two attached hydrogens (primary N) is 2. The van der Waals surface area contributed by atoms with Crippen molar-refractivity contribution in [2.75, 3.05) is 12.8 Å². The van der Waals surface area contributed by atoms with E-state index in [1.54, 1.807) is 6.07 Å². The molecule has 110 valence electrons. The Morgan fingerprint density at radius 3 is 2.24 bits per heavy atom. The van der Waals surface area contributed by atoms with Gasteiger partial charge in [-0.3, -0.25) is 4.79 Å². The van der Waals surface area contributed by atoms with Crippen molar-refractivity contribution in [3.05, 3.63) is 45.9 Å². The number of amides is 1. The third kappa shape index (κ3) is 3.32. The molecule has 0 aliphatic rings. The average Bonchev–Trinajstić information content (AvgIpc) is 2.42. The molecule has 5 nitrogen and oxygen atoms in total. The van der Waals surface area contributed by atoms with E-state index in [4.69, 9.17) is 44.1 Å². The van der Waals surface area contributed by atoms with Gasteiger partial charge in [0, 0.05) is 11.3 Å². The smallest absolute Gasteiger partial charge is 0.248 e. The zero-order valence-corrected chi connectivity index (χ0v) is 12.5. The minimum Gasteiger partial charge on any atom is -0.493 e. The fourth-order valence-electron chi connectivity index (χ4n) is 1.69. The molecule has 0 aliphatic carbocycles. The van der Waals surface area contributed by atoms with Gasteiger partial charge in [-0.1, -0.05) is 23.2 Å². The van der Waals surface area contributed by atoms with Crippen molar-refractivity contribution >= 4 is 34.8 Å². The maximum atomic E-state index is 11.2. The van der Waals surface area contributed by atoms with Gasteiger partial charge in [0.2, 0.25) is 5.91 Å². The molecule has 0 aromatic heterocycles. The molecule has 0 atom stereocenters. The lowest BCUT2D eigenvalue weighted by atomic mass is 10.2. The second-order valence-electron chi connectivity index (χ2n) is 4.15. The average molecular weight is 327 g/mol. The van der Waals surface area contributed by atoms with Crippen molar-refractivity contribution in [1.82, 2.24) is 0 Å². The van der Waals surface area contributed by atoms with Crippen molar-refractivity contribution in [3.8, 4) is 17.2 Å². The summed E-state index contributed by atoms with van der Waals surface area (Å²) < 4.78 is 10.8. The molecule has 0 saturated heterocycles. The van der Waals surface area contributed by atoms with Gasteiger partial charge in [-0.25, -0.2) is 0 Å². The van der Waals surface area contributed by atoms with E-state index in [9.17, 15) is 4.79 Å². The maximum absolute atomic E-state index is 11.2. The number of primary amides is 1. The molecule has 2 aromatic rings. The predicted octanol–water partition coefficient (Wildman–Crippen LogP) is 3.48. The number of hydrogen-bond donors (Lipinski definition) is 2. The first-order valence-corrected chi connectivity index (χ1v) is 6.58. The monoisotopic (exact) mass is 326 g/mol. The molecule has 4 N–H and O–H groups in total. The number of ether oxygens (including phenoxy) is 2. The number of nitrogen functional groups attached to an aromatic ring is 1. The van der Waals surface area contributed by atoms with Crippen LogP contribution in [0.5, 0.6) is 17.2 Å². The van der Waals surface area contributed by atoms with E-state index in [1.807, 2.05) is 0 Å². The van der Waals surface area contributed by atoms with E-state index in [0.29, 0.717) is 22.7 Å². The van der Waals surface area contributed by atoms with Gasteiger partial charge in [0.1, 0.15) is 0 Å². The SMILES string of the molecule is COc1cc(C(N)=O)ccc1Oc1c(Cl)cc(N)cc1Cl. The summed E-state index contributed by atoms with van der Waals surface area (Å²) in [6, 6.07) is 7.57. The number of benzene rings is 2. The van der Waals surface area contributed by atoms with Gasteiger partial charge in [-0.2, -0.15) is 0 Å². The lowest BCUT2D eigenvalue weighted by Gasteiger charge is -2.13. The molecule has 0 aliphatic heterocycles. The number of hydrogen-bond acceptors (Lipinski definition) is 4. The summed E-state index contributed by atoms with van der Waals surface area (Å²) in [6.07, 6.45) is 0. The Kier molecular flexibility index (Phi) is 4.45. The Bertz CT molecular complexity index is 682.